The predicted molar refractivity (Wildman–Crippen MR) is 198 cm³/mol. The summed E-state index contributed by atoms with van der Waals surface area (Å²) < 4.78 is 0. The van der Waals surface area contributed by atoms with Crippen molar-refractivity contribution in [2.75, 3.05) is 4.90 Å². The summed E-state index contributed by atoms with van der Waals surface area (Å²) in [6, 6.07) is 68.6. The quantitative estimate of drug-likeness (QED) is 0.181. The minimum atomic E-state index is 0.977. The maximum Gasteiger partial charge on any atom is 0.0788 e. The number of benzene rings is 7. The van der Waals surface area contributed by atoms with Gasteiger partial charge in [-0.3, -0.25) is 0 Å². The zero-order valence-corrected chi connectivity index (χ0v) is 25.9. The minimum absolute atomic E-state index is 0.977. The molecule has 0 saturated carbocycles. The lowest BCUT2D eigenvalue weighted by Gasteiger charge is -2.28. The Bertz CT molecular complexity index is 2260. The van der Waals surface area contributed by atoms with E-state index in [1.165, 1.54) is 22.3 Å². The Morgan fingerprint density at radius 2 is 0.809 bits per heavy atom. The van der Waals surface area contributed by atoms with E-state index in [4.69, 9.17) is 4.98 Å². The normalized spacial score (nSPS) is 11.0. The van der Waals surface area contributed by atoms with Crippen LogP contribution in [-0.2, 0) is 0 Å². The van der Waals surface area contributed by atoms with Gasteiger partial charge in [0.1, 0.15) is 0 Å². The van der Waals surface area contributed by atoms with E-state index in [1.54, 1.807) is 0 Å². The SMILES string of the molecule is c1ccc(-c2ccc(N(c3ccc(-c4nc5ccccc5cc4-c4ccccc4)cc3)c3ccccc3-c3ccccc3)cc2)cc1. The molecule has 47 heavy (non-hydrogen) atoms. The number of hydrogen-bond donors (Lipinski definition) is 0. The first-order valence-electron chi connectivity index (χ1n) is 16.0. The van der Waals surface area contributed by atoms with Crippen molar-refractivity contribution in [2.45, 2.75) is 0 Å². The Kier molecular flexibility index (Phi) is 7.59. The van der Waals surface area contributed by atoms with Crippen molar-refractivity contribution in [3.05, 3.63) is 194 Å². The third-order valence-electron chi connectivity index (χ3n) is 8.67. The maximum absolute atomic E-state index is 5.19. The first-order chi connectivity index (χ1) is 23.3. The number of hydrogen-bond acceptors (Lipinski definition) is 2. The molecular formula is C45H32N2. The molecule has 0 spiro atoms. The summed E-state index contributed by atoms with van der Waals surface area (Å²) in [5.41, 5.74) is 13.4. The number of fused-ring (bicyclic) bond motifs is 1. The van der Waals surface area contributed by atoms with Gasteiger partial charge in [-0.2, -0.15) is 0 Å². The van der Waals surface area contributed by atoms with Gasteiger partial charge in [0.2, 0.25) is 0 Å². The van der Waals surface area contributed by atoms with Crippen LogP contribution in [0.5, 0.6) is 0 Å². The highest BCUT2D eigenvalue weighted by Gasteiger charge is 2.18. The fourth-order valence-corrected chi connectivity index (χ4v) is 6.33. The van der Waals surface area contributed by atoms with E-state index in [0.29, 0.717) is 0 Å². The van der Waals surface area contributed by atoms with E-state index in [9.17, 15) is 0 Å². The van der Waals surface area contributed by atoms with Gasteiger partial charge in [0, 0.05) is 33.5 Å². The van der Waals surface area contributed by atoms with Gasteiger partial charge in [-0.05, 0) is 64.7 Å². The Labute approximate surface area is 275 Å². The topological polar surface area (TPSA) is 16.1 Å². The second-order valence-corrected chi connectivity index (χ2v) is 11.6. The van der Waals surface area contributed by atoms with Gasteiger partial charge in [0.25, 0.3) is 0 Å². The second kappa shape index (κ2) is 12.6. The Balaban J connectivity index is 1.26. The number of rotatable bonds is 7. The molecular weight excluding hydrogens is 569 g/mol. The third kappa shape index (κ3) is 5.69. The highest BCUT2D eigenvalue weighted by molar-refractivity contribution is 5.93. The average molecular weight is 601 g/mol. The third-order valence-corrected chi connectivity index (χ3v) is 8.67. The molecule has 0 aliphatic rings. The number of pyridine rings is 1. The van der Waals surface area contributed by atoms with Gasteiger partial charge < -0.3 is 4.90 Å². The van der Waals surface area contributed by atoms with Crippen molar-refractivity contribution in [3.63, 3.8) is 0 Å². The average Bonchev–Trinajstić information content (AvgIpc) is 3.16. The summed E-state index contributed by atoms with van der Waals surface area (Å²) >= 11 is 0. The highest BCUT2D eigenvalue weighted by atomic mass is 15.1. The minimum Gasteiger partial charge on any atom is -0.310 e. The van der Waals surface area contributed by atoms with Crippen molar-refractivity contribution in [2.24, 2.45) is 0 Å². The first-order valence-corrected chi connectivity index (χ1v) is 16.0. The molecule has 2 nitrogen and oxygen atoms in total. The Morgan fingerprint density at radius 3 is 1.45 bits per heavy atom. The summed E-state index contributed by atoms with van der Waals surface area (Å²) in [4.78, 5) is 7.55. The summed E-state index contributed by atoms with van der Waals surface area (Å²) in [6.45, 7) is 0. The van der Waals surface area contributed by atoms with Crippen molar-refractivity contribution in [3.8, 4) is 44.6 Å². The van der Waals surface area contributed by atoms with E-state index < -0.39 is 0 Å². The van der Waals surface area contributed by atoms with Gasteiger partial charge in [-0.1, -0.05) is 152 Å². The smallest absolute Gasteiger partial charge is 0.0788 e. The Morgan fingerprint density at radius 1 is 0.340 bits per heavy atom. The maximum atomic E-state index is 5.19. The van der Waals surface area contributed by atoms with E-state index in [0.717, 1.165) is 50.3 Å². The van der Waals surface area contributed by atoms with E-state index in [-0.39, 0.29) is 0 Å². The molecule has 0 unspecified atom stereocenters. The largest absolute Gasteiger partial charge is 0.310 e. The van der Waals surface area contributed by atoms with Crippen LogP contribution in [0.4, 0.5) is 17.1 Å². The van der Waals surface area contributed by atoms with Gasteiger partial charge in [-0.15, -0.1) is 0 Å². The van der Waals surface area contributed by atoms with E-state index >= 15 is 0 Å². The van der Waals surface area contributed by atoms with Crippen LogP contribution in [0.25, 0.3) is 55.5 Å². The molecule has 0 N–H and O–H groups in total. The van der Waals surface area contributed by atoms with Gasteiger partial charge in [-0.25, -0.2) is 4.98 Å². The molecule has 8 aromatic rings. The zero-order chi connectivity index (χ0) is 31.4. The van der Waals surface area contributed by atoms with Crippen molar-refractivity contribution < 1.29 is 0 Å². The fraction of sp³-hybridized carbons (Fsp3) is 0. The molecule has 0 aliphatic carbocycles. The molecule has 0 aliphatic heterocycles. The standard InChI is InChI=1S/C45H32N2/c1-4-14-33(15-5-1)34-24-28-39(29-25-34)47(44-23-13-11-21-41(44)35-16-6-2-7-17-35)40-30-26-37(27-31-40)45-42(36-18-8-3-9-19-36)32-38-20-10-12-22-43(38)46-45/h1-32H. The van der Waals surface area contributed by atoms with Gasteiger partial charge >= 0.3 is 0 Å². The van der Waals surface area contributed by atoms with Crippen LogP contribution in [0.15, 0.2) is 194 Å². The summed E-state index contributed by atoms with van der Waals surface area (Å²) in [5.74, 6) is 0. The van der Waals surface area contributed by atoms with Gasteiger partial charge in [0.15, 0.2) is 0 Å². The molecule has 0 atom stereocenters. The predicted octanol–water partition coefficient (Wildman–Crippen LogP) is 12.4. The van der Waals surface area contributed by atoms with Crippen molar-refractivity contribution in [1.29, 1.82) is 0 Å². The number of aromatic nitrogens is 1. The lowest BCUT2D eigenvalue weighted by atomic mass is 9.97. The molecule has 0 radical (unpaired) electrons. The molecule has 8 rings (SSSR count). The molecule has 7 aromatic carbocycles. The van der Waals surface area contributed by atoms with E-state index in [2.05, 4.69) is 199 Å². The van der Waals surface area contributed by atoms with Gasteiger partial charge in [0.05, 0.1) is 16.9 Å². The molecule has 1 aromatic heterocycles. The number of nitrogens with zero attached hydrogens (tertiary/aromatic N) is 2. The molecule has 2 heteroatoms. The highest BCUT2D eigenvalue weighted by Crippen LogP contribution is 2.42. The van der Waals surface area contributed by atoms with Crippen LogP contribution in [0.1, 0.15) is 0 Å². The monoisotopic (exact) mass is 600 g/mol. The van der Waals surface area contributed by atoms with Crippen LogP contribution in [0.3, 0.4) is 0 Å². The van der Waals surface area contributed by atoms with Crippen LogP contribution in [-0.4, -0.2) is 4.98 Å². The molecule has 1 heterocycles. The summed E-state index contributed by atoms with van der Waals surface area (Å²) in [5, 5.41) is 1.13. The van der Waals surface area contributed by atoms with Crippen molar-refractivity contribution in [1.82, 2.24) is 4.98 Å². The summed E-state index contributed by atoms with van der Waals surface area (Å²) in [6.07, 6.45) is 0. The zero-order valence-electron chi connectivity index (χ0n) is 25.9. The lowest BCUT2D eigenvalue weighted by molar-refractivity contribution is 1.28. The first kappa shape index (κ1) is 28.2. The van der Waals surface area contributed by atoms with Crippen LogP contribution < -0.4 is 4.90 Å². The number of anilines is 3. The molecule has 0 bridgehead atoms. The fourth-order valence-electron chi connectivity index (χ4n) is 6.33. The molecule has 0 saturated heterocycles. The van der Waals surface area contributed by atoms with Crippen molar-refractivity contribution >= 4 is 28.0 Å². The molecule has 0 amide bonds. The van der Waals surface area contributed by atoms with Crippen LogP contribution in [0, 0.1) is 0 Å². The van der Waals surface area contributed by atoms with Crippen LogP contribution >= 0.6 is 0 Å². The summed E-state index contributed by atoms with van der Waals surface area (Å²) in [7, 11) is 0. The second-order valence-electron chi connectivity index (χ2n) is 11.6. The van der Waals surface area contributed by atoms with E-state index in [1.807, 2.05) is 0 Å². The van der Waals surface area contributed by atoms with Crippen LogP contribution in [0.2, 0.25) is 0 Å². The molecule has 222 valence electrons. The number of para-hydroxylation sites is 2. The Hall–Kier alpha value is -6.25. The lowest BCUT2D eigenvalue weighted by Crippen LogP contribution is -2.11. The molecule has 0 fully saturated rings.